The number of nitrogens with zero attached hydrogens (tertiary/aromatic N) is 2. The minimum absolute atomic E-state index is 0.225. The molecule has 1 atom stereocenters. The molecule has 1 amide bonds. The maximum atomic E-state index is 12.9. The fourth-order valence-corrected chi connectivity index (χ4v) is 5.01. The van der Waals surface area contributed by atoms with Crippen LogP contribution < -0.4 is 10.1 Å². The number of ether oxygens (including phenoxy) is 2. The molecule has 0 aliphatic carbocycles. The van der Waals surface area contributed by atoms with Crippen LogP contribution in [-0.2, 0) is 14.3 Å². The van der Waals surface area contributed by atoms with Crippen LogP contribution in [0.1, 0.15) is 25.5 Å². The molecule has 4 rings (SSSR count). The Kier molecular flexibility index (Phi) is 7.65. The van der Waals surface area contributed by atoms with Crippen LogP contribution in [0.15, 0.2) is 74.8 Å². The van der Waals surface area contributed by atoms with Crippen molar-refractivity contribution in [1.29, 1.82) is 0 Å². The molecule has 2 aromatic rings. The normalized spacial score (nSPS) is 16.8. The fourth-order valence-electron chi connectivity index (χ4n) is 3.65. The lowest BCUT2D eigenvalue weighted by molar-refractivity contribution is -0.139. The number of thioether (sulfide) groups is 1. The molecule has 0 aromatic heterocycles. The van der Waals surface area contributed by atoms with Gasteiger partial charge in [0.25, 0.3) is 5.91 Å². The summed E-state index contributed by atoms with van der Waals surface area (Å²) in [6.07, 6.45) is 1.87. The lowest BCUT2D eigenvalue weighted by atomic mass is 9.94. The van der Waals surface area contributed by atoms with Gasteiger partial charge in [0.1, 0.15) is 5.75 Å². The van der Waals surface area contributed by atoms with Gasteiger partial charge in [-0.25, -0.2) is 9.79 Å². The molecule has 0 unspecified atom stereocenters. The number of hydrogen-bond donors (Lipinski definition) is 1. The summed E-state index contributed by atoms with van der Waals surface area (Å²) in [5.41, 5.74) is 2.28. The Bertz CT molecular complexity index is 1230. The molecule has 176 valence electrons. The number of allylic oxidation sites excluding steroid dienone is 1. The molecule has 0 saturated carbocycles. The van der Waals surface area contributed by atoms with E-state index in [2.05, 4.69) is 26.2 Å². The van der Waals surface area contributed by atoms with Gasteiger partial charge in [-0.05, 0) is 55.7 Å². The Morgan fingerprint density at radius 3 is 2.85 bits per heavy atom. The molecule has 2 aromatic carbocycles. The van der Waals surface area contributed by atoms with Crippen LogP contribution in [0.5, 0.6) is 5.75 Å². The van der Waals surface area contributed by atoms with Crippen molar-refractivity contribution in [2.45, 2.75) is 19.9 Å². The number of hydrogen-bond acceptors (Lipinski definition) is 7. The van der Waals surface area contributed by atoms with E-state index in [-0.39, 0.29) is 19.1 Å². The van der Waals surface area contributed by atoms with Crippen LogP contribution in [0.4, 0.5) is 5.69 Å². The standard InChI is InChI=1S/C24H21BrClN3O4S/c1-3-32-23(31)21-14(2)27-24-29(9-10-34-24)22(21)18-11-15(25)7-8-19(18)33-13-20(30)28-17-6-4-5-16(26)12-17/h4-12,22H,3,13H2,1-2H3,(H,28,30)/t22-/m0/s1. The third-order valence-corrected chi connectivity index (χ3v) is 6.55. The highest BCUT2D eigenvalue weighted by Crippen LogP contribution is 2.44. The molecule has 2 aliphatic rings. The van der Waals surface area contributed by atoms with E-state index in [1.54, 1.807) is 44.2 Å². The smallest absolute Gasteiger partial charge is 0.338 e. The van der Waals surface area contributed by atoms with Gasteiger partial charge >= 0.3 is 5.97 Å². The molecule has 10 heteroatoms. The quantitative estimate of drug-likeness (QED) is 0.424. The number of esters is 1. The summed E-state index contributed by atoms with van der Waals surface area (Å²) < 4.78 is 12.1. The molecule has 0 saturated heterocycles. The predicted molar refractivity (Wildman–Crippen MR) is 138 cm³/mol. The van der Waals surface area contributed by atoms with Gasteiger partial charge in [0.15, 0.2) is 11.8 Å². The van der Waals surface area contributed by atoms with Gasteiger partial charge in [-0.2, -0.15) is 0 Å². The highest BCUT2D eigenvalue weighted by atomic mass is 79.9. The third kappa shape index (κ3) is 5.32. The number of amides is 1. The zero-order chi connectivity index (χ0) is 24.2. The summed E-state index contributed by atoms with van der Waals surface area (Å²) in [6, 6.07) is 11.8. The highest BCUT2D eigenvalue weighted by molar-refractivity contribution is 9.10. The lowest BCUT2D eigenvalue weighted by Crippen LogP contribution is -2.34. The van der Waals surface area contributed by atoms with E-state index in [1.807, 2.05) is 28.6 Å². The van der Waals surface area contributed by atoms with Crippen LogP contribution in [0, 0.1) is 0 Å². The van der Waals surface area contributed by atoms with Gasteiger partial charge in [-0.3, -0.25) is 4.79 Å². The Hall–Kier alpha value is -2.75. The minimum Gasteiger partial charge on any atom is -0.483 e. The fraction of sp³-hybridized carbons (Fsp3) is 0.208. The first kappa shape index (κ1) is 24.4. The number of anilines is 1. The highest BCUT2D eigenvalue weighted by Gasteiger charge is 2.39. The van der Waals surface area contributed by atoms with Crippen molar-refractivity contribution in [3.05, 3.63) is 80.4 Å². The second-order valence-electron chi connectivity index (χ2n) is 7.36. The van der Waals surface area contributed by atoms with Crippen molar-refractivity contribution in [2.75, 3.05) is 18.5 Å². The van der Waals surface area contributed by atoms with Crippen LogP contribution in [0.25, 0.3) is 0 Å². The molecule has 0 radical (unpaired) electrons. The van der Waals surface area contributed by atoms with E-state index >= 15 is 0 Å². The third-order valence-electron chi connectivity index (χ3n) is 5.05. The number of rotatable bonds is 7. The monoisotopic (exact) mass is 561 g/mol. The van der Waals surface area contributed by atoms with Crippen LogP contribution in [0.2, 0.25) is 5.02 Å². The van der Waals surface area contributed by atoms with Crippen LogP contribution >= 0.6 is 39.3 Å². The van der Waals surface area contributed by atoms with Gasteiger partial charge < -0.3 is 19.7 Å². The topological polar surface area (TPSA) is 80.2 Å². The number of nitrogens with one attached hydrogen (secondary N) is 1. The Balaban J connectivity index is 1.64. The molecular formula is C24H21BrClN3O4S. The number of benzene rings is 2. The maximum Gasteiger partial charge on any atom is 0.338 e. The van der Waals surface area contributed by atoms with Gasteiger partial charge in [-0.1, -0.05) is 45.4 Å². The van der Waals surface area contributed by atoms with Crippen molar-refractivity contribution < 1.29 is 19.1 Å². The van der Waals surface area contributed by atoms with E-state index in [9.17, 15) is 9.59 Å². The number of carbonyl (C=O) groups is 2. The largest absolute Gasteiger partial charge is 0.483 e. The van der Waals surface area contributed by atoms with E-state index < -0.39 is 12.0 Å². The first-order chi connectivity index (χ1) is 16.4. The molecular weight excluding hydrogens is 542 g/mol. The molecule has 2 heterocycles. The molecule has 0 spiro atoms. The second kappa shape index (κ2) is 10.7. The summed E-state index contributed by atoms with van der Waals surface area (Å²) in [5, 5.41) is 5.95. The number of halogens is 2. The summed E-state index contributed by atoms with van der Waals surface area (Å²) in [6.45, 7) is 3.57. The number of carbonyl (C=O) groups excluding carboxylic acids is 2. The molecule has 7 nitrogen and oxygen atoms in total. The predicted octanol–water partition coefficient (Wildman–Crippen LogP) is 5.89. The van der Waals surface area contributed by atoms with E-state index in [0.29, 0.717) is 33.3 Å². The SMILES string of the molecule is CCOC(=O)C1=C(C)N=C2SC=CN2[C@H]1c1cc(Br)ccc1OCC(=O)Nc1cccc(Cl)c1. The molecule has 0 bridgehead atoms. The Labute approximate surface area is 215 Å². The van der Waals surface area contributed by atoms with Gasteiger partial charge in [0, 0.05) is 26.9 Å². The summed E-state index contributed by atoms with van der Waals surface area (Å²) in [7, 11) is 0. The zero-order valence-corrected chi connectivity index (χ0v) is 21.5. The van der Waals surface area contributed by atoms with Crippen molar-refractivity contribution >= 4 is 62.0 Å². The summed E-state index contributed by atoms with van der Waals surface area (Å²) >= 11 is 11.0. The average Bonchev–Trinajstić information content (AvgIpc) is 3.25. The molecule has 2 aliphatic heterocycles. The van der Waals surface area contributed by atoms with Crippen molar-refractivity contribution in [3.63, 3.8) is 0 Å². The minimum atomic E-state index is -0.527. The molecule has 0 fully saturated rings. The van der Waals surface area contributed by atoms with Crippen LogP contribution in [0.3, 0.4) is 0 Å². The van der Waals surface area contributed by atoms with E-state index in [0.717, 1.165) is 9.64 Å². The first-order valence-corrected chi connectivity index (χ1v) is 12.5. The first-order valence-electron chi connectivity index (χ1n) is 10.4. The van der Waals surface area contributed by atoms with E-state index in [1.165, 1.54) is 11.8 Å². The molecule has 34 heavy (non-hydrogen) atoms. The number of aliphatic imine (C=N–C) groups is 1. The second-order valence-corrected chi connectivity index (χ2v) is 9.58. The summed E-state index contributed by atoms with van der Waals surface area (Å²) in [4.78, 5) is 32.0. The van der Waals surface area contributed by atoms with Crippen molar-refractivity contribution in [2.24, 2.45) is 4.99 Å². The molecule has 1 N–H and O–H groups in total. The van der Waals surface area contributed by atoms with Gasteiger partial charge in [0.2, 0.25) is 0 Å². The zero-order valence-electron chi connectivity index (χ0n) is 18.4. The Morgan fingerprint density at radius 1 is 1.26 bits per heavy atom. The number of amidine groups is 1. The maximum absolute atomic E-state index is 12.9. The Morgan fingerprint density at radius 2 is 2.09 bits per heavy atom. The average molecular weight is 563 g/mol. The van der Waals surface area contributed by atoms with Gasteiger partial charge in [-0.15, -0.1) is 0 Å². The van der Waals surface area contributed by atoms with Gasteiger partial charge in [0.05, 0.1) is 23.9 Å². The van der Waals surface area contributed by atoms with Crippen molar-refractivity contribution in [3.8, 4) is 5.75 Å². The van der Waals surface area contributed by atoms with E-state index in [4.69, 9.17) is 21.1 Å². The van der Waals surface area contributed by atoms with Crippen LogP contribution in [-0.4, -0.2) is 35.2 Å². The number of fused-ring (bicyclic) bond motifs is 1. The lowest BCUT2D eigenvalue weighted by Gasteiger charge is -2.34. The summed E-state index contributed by atoms with van der Waals surface area (Å²) in [5.74, 6) is -0.311. The van der Waals surface area contributed by atoms with Crippen molar-refractivity contribution in [1.82, 2.24) is 4.90 Å².